The molecule has 3 nitrogen and oxygen atoms in total. The Morgan fingerprint density at radius 2 is 2.25 bits per heavy atom. The first-order valence-corrected chi connectivity index (χ1v) is 6.97. The van der Waals surface area contributed by atoms with E-state index in [1.54, 1.807) is 0 Å². The van der Waals surface area contributed by atoms with E-state index in [-0.39, 0.29) is 0 Å². The summed E-state index contributed by atoms with van der Waals surface area (Å²) in [5.41, 5.74) is 1.22. The smallest absolute Gasteiger partial charge is 0.128 e. The molecule has 1 aromatic heterocycles. The lowest BCUT2D eigenvalue weighted by atomic mass is 10.3. The lowest BCUT2D eigenvalue weighted by Crippen LogP contribution is -2.36. The molecule has 0 atom stereocenters. The number of rotatable bonds is 4. The first-order valence-electron chi connectivity index (χ1n) is 5.82. The molecule has 1 saturated heterocycles. The second kappa shape index (κ2) is 6.11. The third-order valence-electron chi connectivity index (χ3n) is 2.83. The van der Waals surface area contributed by atoms with Crippen molar-refractivity contribution < 1.29 is 0 Å². The van der Waals surface area contributed by atoms with E-state index in [4.69, 9.17) is 0 Å². The second-order valence-corrected chi connectivity index (χ2v) is 5.27. The van der Waals surface area contributed by atoms with Gasteiger partial charge in [-0.15, -0.1) is 0 Å². The molecule has 2 heterocycles. The van der Waals surface area contributed by atoms with Gasteiger partial charge in [-0.25, -0.2) is 4.98 Å². The van der Waals surface area contributed by atoms with Gasteiger partial charge < -0.3 is 5.32 Å². The van der Waals surface area contributed by atoms with Crippen molar-refractivity contribution in [3.63, 3.8) is 0 Å². The maximum Gasteiger partial charge on any atom is 0.128 e. The zero-order valence-corrected chi connectivity index (χ0v) is 10.6. The third-order valence-corrected chi connectivity index (χ3v) is 3.78. The molecule has 0 saturated carbocycles. The standard InChI is InChI=1S/C12H19N3S/c1-11-3-2-4-13-12(11)14-5-6-15-7-9-16-10-8-15/h2-4H,5-10H2,1H3,(H,13,14). The molecule has 0 amide bonds. The fraction of sp³-hybridized carbons (Fsp3) is 0.583. The van der Waals surface area contributed by atoms with Crippen molar-refractivity contribution in [2.75, 3.05) is 43.0 Å². The molecule has 0 spiro atoms. The van der Waals surface area contributed by atoms with Crippen molar-refractivity contribution in [2.45, 2.75) is 6.92 Å². The van der Waals surface area contributed by atoms with Gasteiger partial charge in [0.1, 0.15) is 5.82 Å². The quantitative estimate of drug-likeness (QED) is 0.865. The average molecular weight is 237 g/mol. The molecule has 0 bridgehead atoms. The van der Waals surface area contributed by atoms with Gasteiger partial charge >= 0.3 is 0 Å². The van der Waals surface area contributed by atoms with Crippen LogP contribution in [0.1, 0.15) is 5.56 Å². The van der Waals surface area contributed by atoms with Gasteiger partial charge in [0.2, 0.25) is 0 Å². The van der Waals surface area contributed by atoms with Gasteiger partial charge in [-0.2, -0.15) is 11.8 Å². The molecule has 1 aromatic rings. The van der Waals surface area contributed by atoms with Crippen LogP contribution in [0.25, 0.3) is 0 Å². The van der Waals surface area contributed by atoms with E-state index in [2.05, 4.69) is 40.0 Å². The predicted octanol–water partition coefficient (Wildman–Crippen LogP) is 1.85. The maximum absolute atomic E-state index is 4.33. The Balaban J connectivity index is 1.73. The fourth-order valence-electron chi connectivity index (χ4n) is 1.83. The molecule has 88 valence electrons. The minimum Gasteiger partial charge on any atom is -0.369 e. The number of thioether (sulfide) groups is 1. The number of hydrogen-bond acceptors (Lipinski definition) is 4. The highest BCUT2D eigenvalue weighted by molar-refractivity contribution is 7.99. The van der Waals surface area contributed by atoms with Crippen molar-refractivity contribution in [3.8, 4) is 0 Å². The van der Waals surface area contributed by atoms with Crippen LogP contribution in [0.15, 0.2) is 18.3 Å². The molecule has 1 fully saturated rings. The highest BCUT2D eigenvalue weighted by atomic mass is 32.2. The van der Waals surface area contributed by atoms with Crippen LogP contribution in [0, 0.1) is 6.92 Å². The largest absolute Gasteiger partial charge is 0.369 e. The number of nitrogens with one attached hydrogen (secondary N) is 1. The van der Waals surface area contributed by atoms with Gasteiger partial charge in [-0.3, -0.25) is 4.90 Å². The molecular formula is C12H19N3S. The first kappa shape index (κ1) is 11.7. The van der Waals surface area contributed by atoms with Crippen LogP contribution in [0.2, 0.25) is 0 Å². The molecule has 4 heteroatoms. The summed E-state index contributed by atoms with van der Waals surface area (Å²) in [6, 6.07) is 4.06. The summed E-state index contributed by atoms with van der Waals surface area (Å²) < 4.78 is 0. The zero-order valence-electron chi connectivity index (χ0n) is 9.78. The van der Waals surface area contributed by atoms with Gasteiger partial charge in [-0.05, 0) is 18.6 Å². The van der Waals surface area contributed by atoms with Gasteiger partial charge in [-0.1, -0.05) is 6.07 Å². The number of hydrogen-bond donors (Lipinski definition) is 1. The first-order chi connectivity index (χ1) is 7.86. The van der Waals surface area contributed by atoms with Crippen LogP contribution in [-0.2, 0) is 0 Å². The number of pyridine rings is 1. The van der Waals surface area contributed by atoms with Crippen LogP contribution < -0.4 is 5.32 Å². The number of aromatic nitrogens is 1. The van der Waals surface area contributed by atoms with Gasteiger partial charge in [0.25, 0.3) is 0 Å². The summed E-state index contributed by atoms with van der Waals surface area (Å²) in [7, 11) is 0. The van der Waals surface area contributed by atoms with E-state index in [1.165, 1.54) is 30.2 Å². The van der Waals surface area contributed by atoms with Gasteiger partial charge in [0, 0.05) is 43.9 Å². The molecule has 0 aromatic carbocycles. The Morgan fingerprint density at radius 3 is 3.00 bits per heavy atom. The average Bonchev–Trinajstić information content (AvgIpc) is 2.33. The van der Waals surface area contributed by atoms with E-state index >= 15 is 0 Å². The van der Waals surface area contributed by atoms with Crippen LogP contribution in [0.4, 0.5) is 5.82 Å². The molecule has 1 N–H and O–H groups in total. The minimum absolute atomic E-state index is 0.989. The lowest BCUT2D eigenvalue weighted by Gasteiger charge is -2.26. The lowest BCUT2D eigenvalue weighted by molar-refractivity contribution is 0.314. The van der Waals surface area contributed by atoms with Crippen molar-refractivity contribution in [1.82, 2.24) is 9.88 Å². The number of anilines is 1. The van der Waals surface area contributed by atoms with Crippen LogP contribution >= 0.6 is 11.8 Å². The van der Waals surface area contributed by atoms with Gasteiger partial charge in [0.05, 0.1) is 0 Å². The summed E-state index contributed by atoms with van der Waals surface area (Å²) >= 11 is 2.06. The predicted molar refractivity (Wildman–Crippen MR) is 71.2 cm³/mol. The van der Waals surface area contributed by atoms with Crippen LogP contribution in [-0.4, -0.2) is 47.6 Å². The molecular weight excluding hydrogens is 218 g/mol. The summed E-state index contributed by atoms with van der Waals surface area (Å²) in [4.78, 5) is 6.84. The van der Waals surface area contributed by atoms with Crippen molar-refractivity contribution >= 4 is 17.6 Å². The van der Waals surface area contributed by atoms with Crippen LogP contribution in [0.5, 0.6) is 0 Å². The van der Waals surface area contributed by atoms with E-state index < -0.39 is 0 Å². The SMILES string of the molecule is Cc1cccnc1NCCN1CCSCC1. The Labute approximate surface area is 102 Å². The zero-order chi connectivity index (χ0) is 11.2. The van der Waals surface area contributed by atoms with Crippen molar-refractivity contribution in [1.29, 1.82) is 0 Å². The molecule has 0 radical (unpaired) electrons. The minimum atomic E-state index is 0.989. The Morgan fingerprint density at radius 1 is 1.44 bits per heavy atom. The third kappa shape index (κ3) is 3.39. The van der Waals surface area contributed by atoms with Crippen molar-refractivity contribution in [3.05, 3.63) is 23.9 Å². The molecule has 1 aliphatic rings. The summed E-state index contributed by atoms with van der Waals surface area (Å²) in [5.74, 6) is 3.58. The monoisotopic (exact) mass is 237 g/mol. The summed E-state index contributed by atoms with van der Waals surface area (Å²) in [6.07, 6.45) is 1.84. The molecule has 16 heavy (non-hydrogen) atoms. The van der Waals surface area contributed by atoms with E-state index in [1.807, 2.05) is 12.3 Å². The Hall–Kier alpha value is -0.740. The molecule has 2 rings (SSSR count). The number of aryl methyl sites for hydroxylation is 1. The van der Waals surface area contributed by atoms with E-state index in [0.717, 1.165) is 18.9 Å². The van der Waals surface area contributed by atoms with E-state index in [0.29, 0.717) is 0 Å². The molecule has 1 aliphatic heterocycles. The highest BCUT2D eigenvalue weighted by Crippen LogP contribution is 2.10. The molecule has 0 aliphatic carbocycles. The maximum atomic E-state index is 4.33. The normalized spacial score (nSPS) is 17.3. The molecule has 0 unspecified atom stereocenters. The summed E-state index contributed by atoms with van der Waals surface area (Å²) in [5, 5.41) is 3.40. The van der Waals surface area contributed by atoms with Crippen LogP contribution in [0.3, 0.4) is 0 Å². The Kier molecular flexibility index (Phi) is 4.48. The Bertz CT molecular complexity index is 324. The fourth-order valence-corrected chi connectivity index (χ4v) is 2.81. The summed E-state index contributed by atoms with van der Waals surface area (Å²) in [6.45, 7) is 6.66. The van der Waals surface area contributed by atoms with Crippen molar-refractivity contribution in [2.24, 2.45) is 0 Å². The second-order valence-electron chi connectivity index (χ2n) is 4.05. The highest BCUT2D eigenvalue weighted by Gasteiger charge is 2.09. The van der Waals surface area contributed by atoms with Gasteiger partial charge in [0.15, 0.2) is 0 Å². The van der Waals surface area contributed by atoms with E-state index in [9.17, 15) is 0 Å². The number of nitrogens with zero attached hydrogens (tertiary/aromatic N) is 2. The topological polar surface area (TPSA) is 28.2 Å².